The van der Waals surface area contributed by atoms with Crippen molar-refractivity contribution in [2.75, 3.05) is 12.4 Å². The van der Waals surface area contributed by atoms with E-state index in [1.807, 2.05) is 12.1 Å². The fourth-order valence-corrected chi connectivity index (χ4v) is 3.96. The van der Waals surface area contributed by atoms with Crippen LogP contribution in [0.5, 0.6) is 5.75 Å². The quantitative estimate of drug-likeness (QED) is 0.385. The first-order valence-electron chi connectivity index (χ1n) is 9.53. The summed E-state index contributed by atoms with van der Waals surface area (Å²) in [7, 11) is 1.69. The van der Waals surface area contributed by atoms with Gasteiger partial charge in [-0.3, -0.25) is 0 Å². The van der Waals surface area contributed by atoms with E-state index in [4.69, 9.17) is 4.74 Å². The van der Waals surface area contributed by atoms with Crippen molar-refractivity contribution in [1.29, 1.82) is 0 Å². The van der Waals surface area contributed by atoms with Gasteiger partial charge in [0.25, 0.3) is 0 Å². The van der Waals surface area contributed by atoms with Crippen molar-refractivity contribution in [3.63, 3.8) is 0 Å². The minimum absolute atomic E-state index is 0.876. The van der Waals surface area contributed by atoms with Gasteiger partial charge in [0.15, 0.2) is 0 Å². The molecule has 136 valence electrons. The van der Waals surface area contributed by atoms with E-state index in [-0.39, 0.29) is 0 Å². The molecule has 0 heterocycles. The lowest BCUT2D eigenvalue weighted by atomic mass is 10.0. The van der Waals surface area contributed by atoms with Crippen molar-refractivity contribution < 1.29 is 4.74 Å². The zero-order valence-electron chi connectivity index (χ0n) is 15.8. The van der Waals surface area contributed by atoms with Gasteiger partial charge >= 0.3 is 0 Å². The predicted molar refractivity (Wildman–Crippen MR) is 116 cm³/mol. The van der Waals surface area contributed by atoms with E-state index in [0.29, 0.717) is 0 Å². The number of anilines is 2. The summed E-state index contributed by atoms with van der Waals surface area (Å²) in [5, 5.41) is 3.62. The number of nitrogens with one attached hydrogen (secondary N) is 1. The third kappa shape index (κ3) is 2.93. The Balaban J connectivity index is 1.40. The zero-order chi connectivity index (χ0) is 18.9. The first kappa shape index (κ1) is 16.6. The number of hydrogen-bond donors (Lipinski definition) is 1. The average Bonchev–Trinajstić information content (AvgIpc) is 3.14. The Bertz CT molecular complexity index is 1130. The molecule has 0 atom stereocenters. The van der Waals surface area contributed by atoms with Crippen LogP contribution in [0.15, 0.2) is 91.0 Å². The van der Waals surface area contributed by atoms with Gasteiger partial charge in [-0.2, -0.15) is 0 Å². The molecule has 2 nitrogen and oxygen atoms in total. The van der Waals surface area contributed by atoms with Crippen molar-refractivity contribution in [2.45, 2.75) is 6.42 Å². The summed E-state index contributed by atoms with van der Waals surface area (Å²) in [4.78, 5) is 0. The van der Waals surface area contributed by atoms with Crippen molar-refractivity contribution in [1.82, 2.24) is 0 Å². The first-order chi connectivity index (χ1) is 13.8. The van der Waals surface area contributed by atoms with Crippen LogP contribution in [0.25, 0.3) is 22.3 Å². The van der Waals surface area contributed by atoms with E-state index in [9.17, 15) is 0 Å². The highest BCUT2D eigenvalue weighted by Crippen LogP contribution is 2.40. The molecule has 4 aromatic rings. The smallest absolute Gasteiger partial charge is 0.118 e. The molecule has 0 spiro atoms. The van der Waals surface area contributed by atoms with Crippen LogP contribution < -0.4 is 10.1 Å². The van der Waals surface area contributed by atoms with E-state index >= 15 is 0 Å². The van der Waals surface area contributed by atoms with Crippen molar-refractivity contribution in [3.8, 4) is 28.0 Å². The third-order valence-corrected chi connectivity index (χ3v) is 5.44. The number of ether oxygens (including phenoxy) is 1. The predicted octanol–water partition coefficient (Wildman–Crippen LogP) is 6.68. The second-order valence-electron chi connectivity index (χ2n) is 7.10. The molecule has 5 rings (SSSR count). The van der Waals surface area contributed by atoms with E-state index < -0.39 is 0 Å². The minimum Gasteiger partial charge on any atom is -0.497 e. The van der Waals surface area contributed by atoms with Gasteiger partial charge in [0.1, 0.15) is 5.75 Å². The monoisotopic (exact) mass is 363 g/mol. The molecule has 0 amide bonds. The Morgan fingerprint density at radius 3 is 2.11 bits per heavy atom. The minimum atomic E-state index is 0.876. The number of hydrogen-bond acceptors (Lipinski definition) is 2. The van der Waals surface area contributed by atoms with Gasteiger partial charge in [0.05, 0.1) is 7.11 Å². The topological polar surface area (TPSA) is 21.3 Å². The van der Waals surface area contributed by atoms with Crippen LogP contribution in [-0.4, -0.2) is 7.11 Å². The fourth-order valence-electron chi connectivity index (χ4n) is 3.96. The van der Waals surface area contributed by atoms with Crippen LogP contribution in [0.3, 0.4) is 0 Å². The van der Waals surface area contributed by atoms with Crippen LogP contribution in [-0.2, 0) is 6.42 Å². The summed E-state index contributed by atoms with van der Waals surface area (Å²) in [5.74, 6) is 0.876. The molecular formula is C26H21NO. The molecule has 0 aromatic heterocycles. The van der Waals surface area contributed by atoms with Crippen LogP contribution in [0.4, 0.5) is 11.4 Å². The maximum Gasteiger partial charge on any atom is 0.118 e. The van der Waals surface area contributed by atoms with Crippen LogP contribution in [0, 0.1) is 0 Å². The lowest BCUT2D eigenvalue weighted by molar-refractivity contribution is 0.415. The highest BCUT2D eigenvalue weighted by Gasteiger charge is 2.20. The van der Waals surface area contributed by atoms with E-state index in [1.54, 1.807) is 7.11 Å². The number of benzene rings is 4. The Hall–Kier alpha value is -3.52. The number of rotatable bonds is 4. The molecule has 2 heteroatoms. The van der Waals surface area contributed by atoms with Gasteiger partial charge in [-0.05, 0) is 63.7 Å². The molecule has 1 N–H and O–H groups in total. The standard InChI is InChI=1S/C26H21NO/c1-28-22-15-11-19(12-16-22)18-9-13-21(14-10-18)27-26-8-4-7-24-23-6-3-2-5-20(23)17-25(24)26/h2-16,27H,17H2,1H3. The maximum atomic E-state index is 5.24. The summed E-state index contributed by atoms with van der Waals surface area (Å²) >= 11 is 0. The lowest BCUT2D eigenvalue weighted by Crippen LogP contribution is -1.95. The van der Waals surface area contributed by atoms with Gasteiger partial charge < -0.3 is 10.1 Å². The Morgan fingerprint density at radius 2 is 1.36 bits per heavy atom. The molecule has 28 heavy (non-hydrogen) atoms. The lowest BCUT2D eigenvalue weighted by Gasteiger charge is -2.12. The molecule has 0 fully saturated rings. The second-order valence-corrected chi connectivity index (χ2v) is 7.10. The van der Waals surface area contributed by atoms with Gasteiger partial charge in [-0.15, -0.1) is 0 Å². The van der Waals surface area contributed by atoms with Crippen LogP contribution in [0.1, 0.15) is 11.1 Å². The molecule has 0 radical (unpaired) electrons. The maximum absolute atomic E-state index is 5.24. The molecule has 0 unspecified atom stereocenters. The first-order valence-corrected chi connectivity index (χ1v) is 9.53. The highest BCUT2D eigenvalue weighted by molar-refractivity contribution is 5.83. The Labute approximate surface area is 165 Å². The summed E-state index contributed by atoms with van der Waals surface area (Å²) < 4.78 is 5.24. The molecule has 1 aliphatic rings. The number of fused-ring (bicyclic) bond motifs is 3. The van der Waals surface area contributed by atoms with E-state index in [0.717, 1.165) is 17.9 Å². The molecule has 0 saturated carbocycles. The highest BCUT2D eigenvalue weighted by atomic mass is 16.5. The Kier molecular flexibility index (Phi) is 4.10. The van der Waals surface area contributed by atoms with Gasteiger partial charge in [-0.1, -0.05) is 60.7 Å². The molecular weight excluding hydrogens is 342 g/mol. The molecule has 1 aliphatic carbocycles. The fraction of sp³-hybridized carbons (Fsp3) is 0.0769. The average molecular weight is 363 g/mol. The largest absolute Gasteiger partial charge is 0.497 e. The second kappa shape index (κ2) is 6.90. The van der Waals surface area contributed by atoms with Gasteiger partial charge in [-0.25, -0.2) is 0 Å². The van der Waals surface area contributed by atoms with Gasteiger partial charge in [0.2, 0.25) is 0 Å². The summed E-state index contributed by atoms with van der Waals surface area (Å²) in [6.45, 7) is 0. The molecule has 0 bridgehead atoms. The summed E-state index contributed by atoms with van der Waals surface area (Å²) in [5.41, 5.74) is 10.1. The Morgan fingerprint density at radius 1 is 0.679 bits per heavy atom. The van der Waals surface area contributed by atoms with Gasteiger partial charge in [0, 0.05) is 17.8 Å². The summed E-state index contributed by atoms with van der Waals surface area (Å²) in [6, 6.07) is 31.9. The van der Waals surface area contributed by atoms with Crippen LogP contribution >= 0.6 is 0 Å². The van der Waals surface area contributed by atoms with Crippen molar-refractivity contribution in [3.05, 3.63) is 102 Å². The van der Waals surface area contributed by atoms with Crippen molar-refractivity contribution in [2.24, 2.45) is 0 Å². The van der Waals surface area contributed by atoms with E-state index in [1.165, 1.54) is 39.1 Å². The van der Waals surface area contributed by atoms with E-state index in [2.05, 4.69) is 84.2 Å². The molecule has 4 aromatic carbocycles. The summed E-state index contributed by atoms with van der Waals surface area (Å²) in [6.07, 6.45) is 0.985. The zero-order valence-corrected chi connectivity index (χ0v) is 15.8. The normalized spacial score (nSPS) is 11.6. The SMILES string of the molecule is COc1ccc(-c2ccc(Nc3cccc4c3Cc3ccccc3-4)cc2)cc1. The van der Waals surface area contributed by atoms with Crippen LogP contribution in [0.2, 0.25) is 0 Å². The number of methoxy groups -OCH3 is 1. The third-order valence-electron chi connectivity index (χ3n) is 5.44. The molecule has 0 saturated heterocycles. The van der Waals surface area contributed by atoms with Crippen molar-refractivity contribution >= 4 is 11.4 Å². The molecule has 0 aliphatic heterocycles.